The average Bonchev–Trinajstić information content (AvgIpc) is 3.30. The van der Waals surface area contributed by atoms with Gasteiger partial charge in [-0.1, -0.05) is 74.4 Å². The monoisotopic (exact) mass is 505 g/mol. The molecule has 4 rings (SSSR count). The number of hydrogen-bond donors (Lipinski definition) is 2. The Morgan fingerprint density at radius 1 is 0.974 bits per heavy atom. The molecule has 5 nitrogen and oxygen atoms in total. The standard InChI is InChI=1S/C34H27N5/c1-5-11-25(21-38-22-37)24-14-15-30-32(17-24)39(27-12-9-8-10-13-27)33-18-31(26(20-36)16-23(4)19-35)28(6-2)29(7-3)34(30)33/h5-18,20-21,36,38H,2-4H2,1H3/b11-5-,25-21+,26-16+,36-20?. The van der Waals surface area contributed by atoms with Gasteiger partial charge in [0.25, 0.3) is 0 Å². The van der Waals surface area contributed by atoms with Gasteiger partial charge in [-0.2, -0.15) is 10.5 Å². The first kappa shape index (κ1) is 26.4. The van der Waals surface area contributed by atoms with Crippen LogP contribution in [-0.2, 0) is 0 Å². The molecule has 1 aromatic heterocycles. The highest BCUT2D eigenvalue weighted by molar-refractivity contribution is 6.18. The fraction of sp³-hybridized carbons (Fsp3) is 0.0294. The molecule has 0 unspecified atom stereocenters. The van der Waals surface area contributed by atoms with Gasteiger partial charge in [0.1, 0.15) is 0 Å². The number of allylic oxidation sites excluding steroid dienone is 6. The maximum absolute atomic E-state index is 9.33. The number of rotatable bonds is 9. The first-order chi connectivity index (χ1) is 19.0. The molecule has 5 heteroatoms. The lowest BCUT2D eigenvalue weighted by molar-refractivity contribution is 1.18. The van der Waals surface area contributed by atoms with Crippen LogP contribution in [-0.4, -0.2) is 10.8 Å². The Bertz CT molecular complexity index is 1810. The second kappa shape index (κ2) is 11.6. The van der Waals surface area contributed by atoms with Crippen molar-refractivity contribution >= 4 is 51.3 Å². The minimum atomic E-state index is 0.256. The summed E-state index contributed by atoms with van der Waals surface area (Å²) in [5.41, 5.74) is 7.94. The van der Waals surface area contributed by atoms with Gasteiger partial charge in [0.05, 0.1) is 17.1 Å². The molecule has 0 spiro atoms. The number of nitrogens with zero attached hydrogens (tertiary/aromatic N) is 3. The number of benzene rings is 3. The van der Waals surface area contributed by atoms with Crippen LogP contribution in [0.3, 0.4) is 0 Å². The number of aromatic nitrogens is 1. The summed E-state index contributed by atoms with van der Waals surface area (Å²) in [5, 5.41) is 31.2. The topological polar surface area (TPSA) is 88.4 Å². The lowest BCUT2D eigenvalue weighted by Gasteiger charge is -2.14. The Morgan fingerprint density at radius 2 is 1.72 bits per heavy atom. The second-order valence-corrected chi connectivity index (χ2v) is 8.69. The predicted molar refractivity (Wildman–Crippen MR) is 164 cm³/mol. The van der Waals surface area contributed by atoms with Crippen LogP contribution in [0, 0.1) is 28.2 Å². The molecule has 0 saturated carbocycles. The SMILES string of the molecule is C=Cc1c(/C(C=N)=C/C(=C)C#N)cc2c(c1C=C)c1ccc(C(/C=C\C)=C/NC#N)cc1n2-c1ccccc1. The van der Waals surface area contributed by atoms with Crippen molar-refractivity contribution in [1.82, 2.24) is 9.88 Å². The minimum Gasteiger partial charge on any atom is -0.309 e. The fourth-order valence-corrected chi connectivity index (χ4v) is 4.86. The van der Waals surface area contributed by atoms with Crippen molar-refractivity contribution < 1.29 is 0 Å². The van der Waals surface area contributed by atoms with Gasteiger partial charge in [-0.25, -0.2) is 0 Å². The summed E-state index contributed by atoms with van der Waals surface area (Å²) in [4.78, 5) is 0. The third-order valence-corrected chi connectivity index (χ3v) is 6.47. The lowest BCUT2D eigenvalue weighted by Crippen LogP contribution is -1.98. The fourth-order valence-electron chi connectivity index (χ4n) is 4.86. The normalized spacial score (nSPS) is 11.8. The van der Waals surface area contributed by atoms with Crippen molar-refractivity contribution in [3.8, 4) is 17.9 Å². The molecule has 0 saturated heterocycles. The van der Waals surface area contributed by atoms with E-state index in [1.807, 2.05) is 79.9 Å². The number of para-hydroxylation sites is 1. The third kappa shape index (κ3) is 4.85. The summed E-state index contributed by atoms with van der Waals surface area (Å²) in [6, 6.07) is 20.4. The summed E-state index contributed by atoms with van der Waals surface area (Å²) < 4.78 is 2.18. The molecule has 1 heterocycles. The first-order valence-corrected chi connectivity index (χ1v) is 12.3. The van der Waals surface area contributed by atoms with E-state index >= 15 is 0 Å². The van der Waals surface area contributed by atoms with E-state index in [0.29, 0.717) is 5.57 Å². The van der Waals surface area contributed by atoms with Crippen LogP contribution in [0.5, 0.6) is 0 Å². The van der Waals surface area contributed by atoms with E-state index in [0.717, 1.165) is 55.3 Å². The van der Waals surface area contributed by atoms with Gasteiger partial charge in [-0.05, 0) is 65.1 Å². The van der Waals surface area contributed by atoms with Crippen LogP contribution < -0.4 is 5.32 Å². The van der Waals surface area contributed by atoms with E-state index < -0.39 is 0 Å². The third-order valence-electron chi connectivity index (χ3n) is 6.47. The van der Waals surface area contributed by atoms with E-state index in [4.69, 9.17) is 10.7 Å². The van der Waals surface area contributed by atoms with Gasteiger partial charge < -0.3 is 9.98 Å². The van der Waals surface area contributed by atoms with E-state index in [1.54, 1.807) is 18.4 Å². The molecular formula is C34H27N5. The smallest absolute Gasteiger partial charge is 0.180 e. The molecule has 0 atom stereocenters. The Balaban J connectivity index is 2.23. The van der Waals surface area contributed by atoms with Crippen molar-refractivity contribution in [2.45, 2.75) is 6.92 Å². The zero-order valence-electron chi connectivity index (χ0n) is 21.7. The van der Waals surface area contributed by atoms with Gasteiger partial charge in [-0.15, -0.1) is 0 Å². The molecular weight excluding hydrogens is 478 g/mol. The molecule has 39 heavy (non-hydrogen) atoms. The van der Waals surface area contributed by atoms with E-state index in [1.165, 1.54) is 6.21 Å². The van der Waals surface area contributed by atoms with Gasteiger partial charge in [0.2, 0.25) is 0 Å². The number of hydrogen-bond acceptors (Lipinski definition) is 4. The van der Waals surface area contributed by atoms with Gasteiger partial charge in [-0.3, -0.25) is 5.32 Å². The molecule has 2 N–H and O–H groups in total. The van der Waals surface area contributed by atoms with E-state index in [-0.39, 0.29) is 5.57 Å². The predicted octanol–water partition coefficient (Wildman–Crippen LogP) is 8.17. The quantitative estimate of drug-likeness (QED) is 0.0790. The maximum Gasteiger partial charge on any atom is 0.180 e. The molecule has 0 aliphatic heterocycles. The Morgan fingerprint density at radius 3 is 2.33 bits per heavy atom. The number of nitriles is 2. The van der Waals surface area contributed by atoms with Gasteiger partial charge >= 0.3 is 0 Å². The molecule has 0 aliphatic carbocycles. The minimum absolute atomic E-state index is 0.256. The van der Waals surface area contributed by atoms with Crippen LogP contribution in [0.4, 0.5) is 0 Å². The number of fused-ring (bicyclic) bond motifs is 3. The maximum atomic E-state index is 9.33. The summed E-state index contributed by atoms with van der Waals surface area (Å²) in [6.07, 6.45) is 13.9. The van der Waals surface area contributed by atoms with Crippen molar-refractivity contribution in [3.63, 3.8) is 0 Å². The van der Waals surface area contributed by atoms with E-state index in [2.05, 4.69) is 41.8 Å². The largest absolute Gasteiger partial charge is 0.309 e. The summed E-state index contributed by atoms with van der Waals surface area (Å²) in [7, 11) is 0. The van der Waals surface area contributed by atoms with Gasteiger partial charge in [0, 0.05) is 40.0 Å². The highest BCUT2D eigenvalue weighted by Gasteiger charge is 2.20. The molecule has 0 bridgehead atoms. The average molecular weight is 506 g/mol. The van der Waals surface area contributed by atoms with Crippen molar-refractivity contribution in [2.24, 2.45) is 0 Å². The molecule has 0 fully saturated rings. The van der Waals surface area contributed by atoms with Crippen molar-refractivity contribution in [3.05, 3.63) is 127 Å². The highest BCUT2D eigenvalue weighted by Crippen LogP contribution is 2.40. The molecule has 4 aromatic rings. The lowest BCUT2D eigenvalue weighted by atomic mass is 9.91. The molecule has 0 amide bonds. The summed E-state index contributed by atoms with van der Waals surface area (Å²) >= 11 is 0. The van der Waals surface area contributed by atoms with Crippen LogP contribution in [0.1, 0.15) is 29.2 Å². The highest BCUT2D eigenvalue weighted by atomic mass is 15.0. The molecule has 0 aliphatic rings. The number of nitrogens with one attached hydrogen (secondary N) is 2. The Kier molecular flexibility index (Phi) is 7.86. The van der Waals surface area contributed by atoms with Crippen molar-refractivity contribution in [2.75, 3.05) is 0 Å². The molecule has 3 aromatic carbocycles. The van der Waals surface area contributed by atoms with Crippen LogP contribution in [0.2, 0.25) is 0 Å². The first-order valence-electron chi connectivity index (χ1n) is 12.3. The van der Waals surface area contributed by atoms with Gasteiger partial charge in [0.15, 0.2) is 6.19 Å². The Labute approximate surface area is 228 Å². The summed E-state index contributed by atoms with van der Waals surface area (Å²) in [6.45, 7) is 13.9. The Hall–Kier alpha value is -5.65. The molecule has 0 radical (unpaired) electrons. The van der Waals surface area contributed by atoms with Crippen LogP contribution in [0.15, 0.2) is 104 Å². The van der Waals surface area contributed by atoms with E-state index in [9.17, 15) is 5.26 Å². The van der Waals surface area contributed by atoms with Crippen molar-refractivity contribution in [1.29, 1.82) is 15.9 Å². The summed E-state index contributed by atoms with van der Waals surface area (Å²) in [5.74, 6) is 0. The zero-order valence-corrected chi connectivity index (χ0v) is 21.7. The second-order valence-electron chi connectivity index (χ2n) is 8.69. The molecule has 188 valence electrons. The van der Waals surface area contributed by atoms with Crippen LogP contribution in [0.25, 0.3) is 50.8 Å². The zero-order chi connectivity index (χ0) is 27.9. The van der Waals surface area contributed by atoms with Crippen LogP contribution >= 0.6 is 0 Å².